The molecule has 2 aromatic carbocycles. The maximum Gasteiger partial charge on any atom is 0.253 e. The Labute approximate surface area is 161 Å². The van der Waals surface area contributed by atoms with E-state index in [1.54, 1.807) is 4.90 Å². The molecule has 5 heteroatoms. The average Bonchev–Trinajstić information content (AvgIpc) is 2.96. The Morgan fingerprint density at radius 2 is 1.85 bits per heavy atom. The molecule has 3 aromatic rings. The second-order valence-electron chi connectivity index (χ2n) is 7.46. The number of fused-ring (bicyclic) bond motifs is 1. The maximum atomic E-state index is 12.8. The van der Waals surface area contributed by atoms with Crippen LogP contribution in [0.5, 0.6) is 0 Å². The molecule has 0 bridgehead atoms. The molecular formula is C22H28N4O. The van der Waals surface area contributed by atoms with Crippen molar-refractivity contribution < 1.29 is 4.79 Å². The van der Waals surface area contributed by atoms with Crippen LogP contribution in [0.25, 0.3) is 22.2 Å². The van der Waals surface area contributed by atoms with Gasteiger partial charge in [-0.3, -0.25) is 9.48 Å². The topological polar surface area (TPSA) is 41.4 Å². The van der Waals surface area contributed by atoms with Crippen LogP contribution in [-0.4, -0.2) is 59.7 Å². The Balaban J connectivity index is 1.88. The van der Waals surface area contributed by atoms with Gasteiger partial charge in [0, 0.05) is 37.2 Å². The second-order valence-corrected chi connectivity index (χ2v) is 7.46. The molecule has 0 aliphatic rings. The van der Waals surface area contributed by atoms with Crippen LogP contribution in [0.3, 0.4) is 0 Å². The molecule has 142 valence electrons. The minimum atomic E-state index is 0.0482. The Kier molecular flexibility index (Phi) is 5.61. The molecule has 0 unspecified atom stereocenters. The molecule has 0 atom stereocenters. The number of carbonyl (C=O) groups is 1. The third kappa shape index (κ3) is 4.19. The highest BCUT2D eigenvalue weighted by Gasteiger charge is 2.15. The number of hydrogen-bond donors (Lipinski definition) is 0. The van der Waals surface area contributed by atoms with Crippen LogP contribution < -0.4 is 0 Å². The minimum absolute atomic E-state index is 0.0482. The molecule has 1 amide bonds. The van der Waals surface area contributed by atoms with Crippen molar-refractivity contribution in [3.05, 3.63) is 53.6 Å². The summed E-state index contributed by atoms with van der Waals surface area (Å²) in [4.78, 5) is 16.7. The van der Waals surface area contributed by atoms with E-state index in [0.29, 0.717) is 5.56 Å². The lowest BCUT2D eigenvalue weighted by Gasteiger charge is -2.19. The van der Waals surface area contributed by atoms with Crippen LogP contribution in [0.15, 0.2) is 42.5 Å². The van der Waals surface area contributed by atoms with Gasteiger partial charge in [0.15, 0.2) is 0 Å². The number of hydrogen-bond acceptors (Lipinski definition) is 3. The summed E-state index contributed by atoms with van der Waals surface area (Å²) in [6.45, 7) is 3.79. The van der Waals surface area contributed by atoms with Crippen LogP contribution in [-0.2, 0) is 7.05 Å². The number of aromatic nitrogens is 2. The van der Waals surface area contributed by atoms with E-state index in [-0.39, 0.29) is 5.91 Å². The highest BCUT2D eigenvalue weighted by molar-refractivity contribution is 5.98. The first-order chi connectivity index (χ1) is 12.9. The van der Waals surface area contributed by atoms with Gasteiger partial charge in [-0.05, 0) is 58.3 Å². The molecule has 0 saturated heterocycles. The number of rotatable bonds is 6. The quantitative estimate of drug-likeness (QED) is 0.671. The Bertz CT molecular complexity index is 958. The van der Waals surface area contributed by atoms with Crippen molar-refractivity contribution in [1.82, 2.24) is 19.6 Å². The lowest BCUT2D eigenvalue weighted by atomic mass is 10.0. The predicted molar refractivity (Wildman–Crippen MR) is 111 cm³/mol. The van der Waals surface area contributed by atoms with Gasteiger partial charge in [-0.15, -0.1) is 0 Å². The smallest absolute Gasteiger partial charge is 0.253 e. The minimum Gasteiger partial charge on any atom is -0.342 e. The van der Waals surface area contributed by atoms with E-state index >= 15 is 0 Å². The van der Waals surface area contributed by atoms with Gasteiger partial charge in [-0.25, -0.2) is 0 Å². The highest BCUT2D eigenvalue weighted by atomic mass is 16.2. The summed E-state index contributed by atoms with van der Waals surface area (Å²) >= 11 is 0. The normalized spacial score (nSPS) is 11.3. The standard InChI is InChI=1S/C22H28N4O/c1-16-10-11-20-19(14-16)21(23-26(20)5)17-8-6-9-18(15-17)22(27)25(4)13-7-12-24(2)3/h6,8-11,14-15H,7,12-13H2,1-5H3. The van der Waals surface area contributed by atoms with Crippen molar-refractivity contribution in [2.24, 2.45) is 7.05 Å². The van der Waals surface area contributed by atoms with E-state index in [0.717, 1.165) is 41.7 Å². The van der Waals surface area contributed by atoms with Crippen molar-refractivity contribution in [3.63, 3.8) is 0 Å². The zero-order chi connectivity index (χ0) is 19.6. The highest BCUT2D eigenvalue weighted by Crippen LogP contribution is 2.29. The number of nitrogens with zero attached hydrogens (tertiary/aromatic N) is 4. The summed E-state index contributed by atoms with van der Waals surface area (Å²) in [5, 5.41) is 5.81. The molecule has 1 aromatic heterocycles. The fraction of sp³-hybridized carbons (Fsp3) is 0.364. The van der Waals surface area contributed by atoms with Gasteiger partial charge in [-0.2, -0.15) is 5.10 Å². The van der Waals surface area contributed by atoms with Gasteiger partial charge >= 0.3 is 0 Å². The van der Waals surface area contributed by atoms with E-state index in [1.807, 2.05) is 57.1 Å². The molecule has 0 spiro atoms. The Morgan fingerprint density at radius 1 is 1.07 bits per heavy atom. The van der Waals surface area contributed by atoms with Crippen LogP contribution in [0.2, 0.25) is 0 Å². The van der Waals surface area contributed by atoms with Gasteiger partial charge in [0.2, 0.25) is 0 Å². The molecule has 0 N–H and O–H groups in total. The van der Waals surface area contributed by atoms with Crippen molar-refractivity contribution in [1.29, 1.82) is 0 Å². The molecule has 3 rings (SSSR count). The van der Waals surface area contributed by atoms with Crippen LogP contribution in [0, 0.1) is 6.92 Å². The largest absolute Gasteiger partial charge is 0.342 e. The second kappa shape index (κ2) is 7.92. The van der Waals surface area contributed by atoms with Crippen molar-refractivity contribution >= 4 is 16.8 Å². The first-order valence-corrected chi connectivity index (χ1v) is 9.31. The average molecular weight is 364 g/mol. The summed E-state index contributed by atoms with van der Waals surface area (Å²) < 4.78 is 1.89. The summed E-state index contributed by atoms with van der Waals surface area (Å²) in [6, 6.07) is 14.1. The van der Waals surface area contributed by atoms with Gasteiger partial charge in [-0.1, -0.05) is 23.8 Å². The third-order valence-electron chi connectivity index (χ3n) is 4.83. The summed E-state index contributed by atoms with van der Waals surface area (Å²) in [7, 11) is 7.91. The first kappa shape index (κ1) is 19.1. The fourth-order valence-corrected chi connectivity index (χ4v) is 3.34. The molecule has 0 saturated carbocycles. The summed E-state index contributed by atoms with van der Waals surface area (Å²) in [5.74, 6) is 0.0482. The van der Waals surface area contributed by atoms with Gasteiger partial charge in [0.05, 0.1) is 5.52 Å². The van der Waals surface area contributed by atoms with Gasteiger partial charge < -0.3 is 9.80 Å². The van der Waals surface area contributed by atoms with Crippen molar-refractivity contribution in [3.8, 4) is 11.3 Å². The van der Waals surface area contributed by atoms with Crippen LogP contribution in [0.1, 0.15) is 22.3 Å². The van der Waals surface area contributed by atoms with E-state index in [9.17, 15) is 4.79 Å². The first-order valence-electron chi connectivity index (χ1n) is 9.31. The van der Waals surface area contributed by atoms with Crippen LogP contribution in [0.4, 0.5) is 0 Å². The molecule has 0 aliphatic heterocycles. The van der Waals surface area contributed by atoms with E-state index in [2.05, 4.69) is 30.0 Å². The lowest BCUT2D eigenvalue weighted by molar-refractivity contribution is 0.0790. The van der Waals surface area contributed by atoms with Gasteiger partial charge in [0.1, 0.15) is 5.69 Å². The molecule has 0 radical (unpaired) electrons. The van der Waals surface area contributed by atoms with Gasteiger partial charge in [0.25, 0.3) is 5.91 Å². The van der Waals surface area contributed by atoms with E-state index in [1.165, 1.54) is 5.56 Å². The molecule has 5 nitrogen and oxygen atoms in total. The molecule has 0 aliphatic carbocycles. The monoisotopic (exact) mass is 364 g/mol. The third-order valence-corrected chi connectivity index (χ3v) is 4.83. The molecule has 1 heterocycles. The molecule has 0 fully saturated rings. The number of benzene rings is 2. The van der Waals surface area contributed by atoms with E-state index < -0.39 is 0 Å². The van der Waals surface area contributed by atoms with Crippen LogP contribution >= 0.6 is 0 Å². The summed E-state index contributed by atoms with van der Waals surface area (Å²) in [5.41, 5.74) is 4.88. The van der Waals surface area contributed by atoms with Crippen molar-refractivity contribution in [2.75, 3.05) is 34.2 Å². The lowest BCUT2D eigenvalue weighted by Crippen LogP contribution is -2.29. The maximum absolute atomic E-state index is 12.8. The fourth-order valence-electron chi connectivity index (χ4n) is 3.34. The summed E-state index contributed by atoms with van der Waals surface area (Å²) in [6.07, 6.45) is 0.957. The van der Waals surface area contributed by atoms with E-state index in [4.69, 9.17) is 5.10 Å². The zero-order valence-electron chi connectivity index (χ0n) is 16.9. The molecule has 27 heavy (non-hydrogen) atoms. The predicted octanol–water partition coefficient (Wildman–Crippen LogP) is 3.57. The Morgan fingerprint density at radius 3 is 2.59 bits per heavy atom. The number of aryl methyl sites for hydroxylation is 2. The SMILES string of the molecule is Cc1ccc2c(c1)c(-c1cccc(C(=O)N(C)CCCN(C)C)c1)nn2C. The molecular weight excluding hydrogens is 336 g/mol. The zero-order valence-corrected chi connectivity index (χ0v) is 16.9. The number of carbonyl (C=O) groups excluding carboxylic acids is 1. The Hall–Kier alpha value is -2.66. The van der Waals surface area contributed by atoms with Crippen molar-refractivity contribution in [2.45, 2.75) is 13.3 Å². The number of amides is 1.